The summed E-state index contributed by atoms with van der Waals surface area (Å²) in [5.41, 5.74) is 2.31. The molecule has 1 aliphatic heterocycles. The number of amides is 1. The van der Waals surface area contributed by atoms with Crippen LogP contribution in [0.2, 0.25) is 0 Å². The number of hydrogen-bond donors (Lipinski definition) is 1. The molecule has 1 N–H and O–H groups in total. The number of anilines is 1. The van der Waals surface area contributed by atoms with Crippen LogP contribution in [0.5, 0.6) is 0 Å². The summed E-state index contributed by atoms with van der Waals surface area (Å²) in [5, 5.41) is 7.30. The van der Waals surface area contributed by atoms with Gasteiger partial charge in [-0.3, -0.25) is 4.79 Å². The van der Waals surface area contributed by atoms with Gasteiger partial charge in [-0.05, 0) is 25.5 Å². The fourth-order valence-corrected chi connectivity index (χ4v) is 2.81. The third-order valence-corrected chi connectivity index (χ3v) is 4.01. The van der Waals surface area contributed by atoms with E-state index in [9.17, 15) is 18.0 Å². The number of nitrogens with zero attached hydrogens (tertiary/aromatic N) is 3. The number of aromatic nitrogens is 2. The van der Waals surface area contributed by atoms with Crippen LogP contribution in [0.1, 0.15) is 12.1 Å². The molecule has 2 aromatic rings. The van der Waals surface area contributed by atoms with Crippen molar-refractivity contribution in [1.29, 1.82) is 0 Å². The third-order valence-electron chi connectivity index (χ3n) is 4.01. The van der Waals surface area contributed by atoms with Crippen molar-refractivity contribution in [2.75, 3.05) is 18.4 Å². The Balaban J connectivity index is 1.72. The van der Waals surface area contributed by atoms with E-state index < -0.39 is 24.7 Å². The average Bonchev–Trinajstić information content (AvgIpc) is 3.05. The fraction of sp³-hybridized carbons (Fsp3) is 0.375. The Bertz CT molecular complexity index is 727. The van der Waals surface area contributed by atoms with Gasteiger partial charge in [-0.1, -0.05) is 18.2 Å². The zero-order valence-corrected chi connectivity index (χ0v) is 13.0. The Kier molecular flexibility index (Phi) is 4.21. The number of carbonyl (C=O) groups excluding carboxylic acids is 1. The van der Waals surface area contributed by atoms with Gasteiger partial charge in [0, 0.05) is 6.54 Å². The lowest BCUT2D eigenvalue weighted by Crippen LogP contribution is -2.39. The number of hydrogen-bond acceptors (Lipinski definition) is 3. The van der Waals surface area contributed by atoms with Crippen molar-refractivity contribution in [3.8, 4) is 5.69 Å². The molecule has 24 heavy (non-hydrogen) atoms. The summed E-state index contributed by atoms with van der Waals surface area (Å²) in [4.78, 5) is 13.0. The Labute approximate surface area is 137 Å². The van der Waals surface area contributed by atoms with Crippen molar-refractivity contribution < 1.29 is 18.0 Å². The Morgan fingerprint density at radius 2 is 2.00 bits per heavy atom. The Morgan fingerprint density at radius 1 is 1.29 bits per heavy atom. The highest BCUT2D eigenvalue weighted by Crippen LogP contribution is 2.25. The number of likely N-dealkylation sites (tertiary alicyclic amines) is 1. The first kappa shape index (κ1) is 16.4. The summed E-state index contributed by atoms with van der Waals surface area (Å²) in [6.07, 6.45) is -2.45. The van der Waals surface area contributed by atoms with Crippen LogP contribution in [-0.2, 0) is 4.79 Å². The minimum absolute atomic E-state index is 0.0991. The molecule has 1 fully saturated rings. The number of halogens is 3. The quantitative estimate of drug-likeness (QED) is 0.933. The topological polar surface area (TPSA) is 50.2 Å². The van der Waals surface area contributed by atoms with E-state index >= 15 is 0 Å². The van der Waals surface area contributed by atoms with Crippen LogP contribution in [0.15, 0.2) is 36.5 Å². The molecule has 1 aliphatic rings. The first-order valence-electron chi connectivity index (χ1n) is 7.57. The summed E-state index contributed by atoms with van der Waals surface area (Å²) in [5.74, 6) is -0.529. The van der Waals surface area contributed by atoms with E-state index in [-0.39, 0.29) is 6.54 Å². The highest BCUT2D eigenvalue weighted by Gasteiger charge is 2.39. The lowest BCUT2D eigenvalue weighted by Gasteiger charge is -2.19. The van der Waals surface area contributed by atoms with Crippen molar-refractivity contribution in [3.05, 3.63) is 42.2 Å². The molecule has 1 aromatic heterocycles. The minimum Gasteiger partial charge on any atom is -0.371 e. The van der Waals surface area contributed by atoms with E-state index in [1.165, 1.54) is 0 Å². The standard InChI is InChI=1S/C16H17F3N4O/c1-11-14(9-20-23(11)12-5-3-2-4-6-12)21-13-7-8-22(15(13)24)10-16(17,18)19/h2-6,9,13,21H,7-8,10H2,1H3/t13-/m1/s1. The van der Waals surface area contributed by atoms with Gasteiger partial charge < -0.3 is 10.2 Å². The van der Waals surface area contributed by atoms with Crippen molar-refractivity contribution in [2.24, 2.45) is 0 Å². The van der Waals surface area contributed by atoms with E-state index in [4.69, 9.17) is 0 Å². The minimum atomic E-state index is -4.38. The highest BCUT2D eigenvalue weighted by molar-refractivity contribution is 5.87. The molecule has 0 saturated carbocycles. The summed E-state index contributed by atoms with van der Waals surface area (Å²) in [6, 6.07) is 8.82. The van der Waals surface area contributed by atoms with Crippen molar-refractivity contribution in [3.63, 3.8) is 0 Å². The van der Waals surface area contributed by atoms with Gasteiger partial charge in [0.2, 0.25) is 5.91 Å². The van der Waals surface area contributed by atoms with Gasteiger partial charge in [0.25, 0.3) is 0 Å². The number of benzene rings is 1. The van der Waals surface area contributed by atoms with Crippen LogP contribution >= 0.6 is 0 Å². The van der Waals surface area contributed by atoms with Crippen LogP contribution in [0, 0.1) is 6.92 Å². The van der Waals surface area contributed by atoms with Gasteiger partial charge in [-0.25, -0.2) is 4.68 Å². The normalized spacial score (nSPS) is 18.2. The maximum absolute atomic E-state index is 12.5. The van der Waals surface area contributed by atoms with Gasteiger partial charge in [0.1, 0.15) is 12.6 Å². The molecule has 1 aromatic carbocycles. The second-order valence-corrected chi connectivity index (χ2v) is 5.75. The zero-order valence-electron chi connectivity index (χ0n) is 13.0. The first-order chi connectivity index (χ1) is 11.3. The van der Waals surface area contributed by atoms with Crippen LogP contribution in [0.4, 0.5) is 18.9 Å². The van der Waals surface area contributed by atoms with Crippen LogP contribution in [-0.4, -0.2) is 45.9 Å². The molecular formula is C16H17F3N4O. The molecule has 1 saturated heterocycles. The maximum Gasteiger partial charge on any atom is 0.406 e. The number of nitrogens with one attached hydrogen (secondary N) is 1. The molecule has 1 amide bonds. The Morgan fingerprint density at radius 3 is 2.67 bits per heavy atom. The van der Waals surface area contributed by atoms with Gasteiger partial charge >= 0.3 is 6.18 Å². The SMILES string of the molecule is Cc1c(N[C@@H]2CCN(CC(F)(F)F)C2=O)cnn1-c1ccccc1. The summed E-state index contributed by atoms with van der Waals surface area (Å²) in [6.45, 7) is 0.739. The van der Waals surface area contributed by atoms with Gasteiger partial charge in [-0.15, -0.1) is 0 Å². The molecule has 8 heteroatoms. The van der Waals surface area contributed by atoms with E-state index in [2.05, 4.69) is 10.4 Å². The molecule has 128 valence electrons. The largest absolute Gasteiger partial charge is 0.406 e. The molecule has 5 nitrogen and oxygen atoms in total. The average molecular weight is 338 g/mol. The lowest BCUT2D eigenvalue weighted by atomic mass is 10.2. The second kappa shape index (κ2) is 6.18. The fourth-order valence-electron chi connectivity index (χ4n) is 2.81. The second-order valence-electron chi connectivity index (χ2n) is 5.75. The highest BCUT2D eigenvalue weighted by atomic mass is 19.4. The monoisotopic (exact) mass is 338 g/mol. The number of para-hydroxylation sites is 1. The Hall–Kier alpha value is -2.51. The summed E-state index contributed by atoms with van der Waals surface area (Å²) < 4.78 is 39.1. The van der Waals surface area contributed by atoms with E-state index in [0.717, 1.165) is 16.3 Å². The van der Waals surface area contributed by atoms with Gasteiger partial charge in [-0.2, -0.15) is 18.3 Å². The number of alkyl halides is 3. The molecule has 0 bridgehead atoms. The first-order valence-corrected chi connectivity index (χ1v) is 7.57. The predicted molar refractivity (Wildman–Crippen MR) is 83.0 cm³/mol. The van der Waals surface area contributed by atoms with Gasteiger partial charge in [0.15, 0.2) is 0 Å². The summed E-state index contributed by atoms with van der Waals surface area (Å²) in [7, 11) is 0. The lowest BCUT2D eigenvalue weighted by molar-refractivity contribution is -0.157. The van der Waals surface area contributed by atoms with Crippen molar-refractivity contribution in [2.45, 2.75) is 25.6 Å². The molecule has 2 heterocycles. The van der Waals surface area contributed by atoms with Crippen molar-refractivity contribution >= 4 is 11.6 Å². The molecule has 0 radical (unpaired) electrons. The predicted octanol–water partition coefficient (Wildman–Crippen LogP) is 2.76. The molecular weight excluding hydrogens is 321 g/mol. The molecule has 0 aliphatic carbocycles. The van der Waals surface area contributed by atoms with E-state index in [1.807, 2.05) is 37.3 Å². The van der Waals surface area contributed by atoms with Gasteiger partial charge in [0.05, 0.1) is 23.3 Å². The number of carbonyl (C=O) groups is 1. The molecule has 0 unspecified atom stereocenters. The van der Waals surface area contributed by atoms with Crippen LogP contribution in [0.3, 0.4) is 0 Å². The summed E-state index contributed by atoms with van der Waals surface area (Å²) >= 11 is 0. The van der Waals surface area contributed by atoms with E-state index in [0.29, 0.717) is 12.1 Å². The third kappa shape index (κ3) is 3.37. The zero-order chi connectivity index (χ0) is 17.3. The van der Waals surface area contributed by atoms with Crippen LogP contribution in [0.25, 0.3) is 5.69 Å². The molecule has 3 rings (SSSR count). The van der Waals surface area contributed by atoms with Crippen LogP contribution < -0.4 is 5.32 Å². The molecule has 1 atom stereocenters. The smallest absolute Gasteiger partial charge is 0.371 e. The molecule has 0 spiro atoms. The van der Waals surface area contributed by atoms with E-state index in [1.54, 1.807) is 10.9 Å². The van der Waals surface area contributed by atoms with Crippen molar-refractivity contribution in [1.82, 2.24) is 14.7 Å². The maximum atomic E-state index is 12.5. The number of rotatable bonds is 4.